The molecule has 0 unspecified atom stereocenters. The summed E-state index contributed by atoms with van der Waals surface area (Å²) in [5.41, 5.74) is 25.9. The van der Waals surface area contributed by atoms with Gasteiger partial charge < -0.3 is 14.7 Å². The maximum atomic E-state index is 2.61. The molecule has 0 bridgehead atoms. The Hall–Kier alpha value is -7.62. The number of anilines is 9. The number of hydrogen-bond donors (Lipinski definition) is 0. The Morgan fingerprint density at radius 1 is 0.203 bits per heavy atom. The molecule has 59 heavy (non-hydrogen) atoms. The average Bonchev–Trinajstić information content (AvgIpc) is 3.76. The summed E-state index contributed by atoms with van der Waals surface area (Å²) >= 11 is 0. The van der Waals surface area contributed by atoms with Crippen LogP contribution >= 0.6 is 0 Å². The SMILES string of the molecule is c1ccc2c(c1)-c1ccccc1C21c2ccccc2N2c3cccc4c3N(c3cccc1c32)c1cccc2c1N4c1ccccc1C21c2ccccc2-c2ccccc21. The molecule has 9 aromatic carbocycles. The minimum atomic E-state index is -0.487. The summed E-state index contributed by atoms with van der Waals surface area (Å²) in [5.74, 6) is 0. The van der Waals surface area contributed by atoms with E-state index in [4.69, 9.17) is 0 Å². The second-order valence-corrected chi connectivity index (χ2v) is 16.7. The normalized spacial score (nSPS) is 16.0. The Bertz CT molecular complexity index is 3080. The van der Waals surface area contributed by atoms with Gasteiger partial charge in [-0.25, -0.2) is 0 Å². The van der Waals surface area contributed by atoms with Gasteiger partial charge in [0, 0.05) is 0 Å². The van der Waals surface area contributed by atoms with Crippen molar-refractivity contribution in [3.05, 3.63) is 245 Å². The molecule has 4 aliphatic heterocycles. The van der Waals surface area contributed by atoms with Gasteiger partial charge in [-0.1, -0.05) is 164 Å². The Labute approximate surface area is 342 Å². The van der Waals surface area contributed by atoms with Crippen LogP contribution in [-0.4, -0.2) is 0 Å². The van der Waals surface area contributed by atoms with Crippen molar-refractivity contribution in [3.63, 3.8) is 0 Å². The molecule has 0 saturated heterocycles. The van der Waals surface area contributed by atoms with E-state index in [2.05, 4.69) is 215 Å². The van der Waals surface area contributed by atoms with Crippen LogP contribution in [0.4, 0.5) is 51.2 Å². The summed E-state index contributed by atoms with van der Waals surface area (Å²) in [5, 5.41) is 0. The van der Waals surface area contributed by atoms with Gasteiger partial charge in [0.1, 0.15) is 0 Å². The summed E-state index contributed by atoms with van der Waals surface area (Å²) in [4.78, 5) is 7.78. The summed E-state index contributed by atoms with van der Waals surface area (Å²) in [7, 11) is 0. The molecule has 0 fully saturated rings. The molecule has 0 aromatic heterocycles. The minimum Gasteiger partial charge on any atom is -0.306 e. The van der Waals surface area contributed by atoms with Gasteiger partial charge in [0.25, 0.3) is 0 Å². The molecule has 2 spiro atoms. The van der Waals surface area contributed by atoms with Crippen LogP contribution in [0, 0.1) is 0 Å². The fourth-order valence-corrected chi connectivity index (χ4v) is 12.6. The molecular formula is C56H33N3. The quantitative estimate of drug-likeness (QED) is 0.153. The van der Waals surface area contributed by atoms with Crippen LogP contribution in [-0.2, 0) is 10.8 Å². The molecule has 0 saturated carbocycles. The van der Waals surface area contributed by atoms with E-state index in [1.165, 1.54) is 118 Å². The molecule has 0 atom stereocenters. The minimum absolute atomic E-state index is 0.487. The molecule has 3 nitrogen and oxygen atoms in total. The molecule has 6 aliphatic rings. The van der Waals surface area contributed by atoms with Gasteiger partial charge in [-0.05, 0) is 103 Å². The first kappa shape index (κ1) is 30.5. The van der Waals surface area contributed by atoms with E-state index in [0.29, 0.717) is 0 Å². The van der Waals surface area contributed by atoms with Crippen molar-refractivity contribution in [2.75, 3.05) is 14.7 Å². The van der Waals surface area contributed by atoms with Crippen LogP contribution in [0.25, 0.3) is 22.3 Å². The molecule has 15 rings (SSSR count). The Balaban J connectivity index is 1.09. The molecule has 3 heteroatoms. The highest BCUT2D eigenvalue weighted by molar-refractivity contribution is 6.16. The first-order valence-electron chi connectivity index (χ1n) is 20.7. The van der Waals surface area contributed by atoms with Crippen molar-refractivity contribution in [3.8, 4) is 22.3 Å². The second kappa shape index (κ2) is 10.3. The standard InChI is InChI=1S/C56H33N3/c1-5-20-38-34(16-1)35-17-2-6-21-39(35)55(38)42-24-9-11-28-46(42)57-50-32-15-33-51-54(50)59(48-30-13-26-44(55)52(48)57)49-31-14-27-45-53(49)58(51)47-29-12-10-25-43(47)56(45)40-22-7-3-18-36(40)37-19-4-8-23-41(37)56/h1-33H. The van der Waals surface area contributed by atoms with E-state index in [1.807, 2.05) is 0 Å². The Kier molecular flexibility index (Phi) is 5.31. The molecule has 9 aromatic rings. The van der Waals surface area contributed by atoms with Crippen molar-refractivity contribution >= 4 is 51.2 Å². The van der Waals surface area contributed by atoms with Gasteiger partial charge in [-0.3, -0.25) is 0 Å². The van der Waals surface area contributed by atoms with E-state index in [9.17, 15) is 0 Å². The predicted octanol–water partition coefficient (Wildman–Crippen LogP) is 14.1. The van der Waals surface area contributed by atoms with Crippen LogP contribution < -0.4 is 14.7 Å². The fraction of sp³-hybridized carbons (Fsp3) is 0.0357. The van der Waals surface area contributed by atoms with Crippen LogP contribution in [0.1, 0.15) is 44.5 Å². The first-order valence-corrected chi connectivity index (χ1v) is 20.7. The molecular weight excluding hydrogens is 715 g/mol. The van der Waals surface area contributed by atoms with Crippen molar-refractivity contribution in [2.24, 2.45) is 0 Å². The van der Waals surface area contributed by atoms with Gasteiger partial charge >= 0.3 is 0 Å². The van der Waals surface area contributed by atoms with E-state index < -0.39 is 10.8 Å². The highest BCUT2D eigenvalue weighted by Crippen LogP contribution is 2.73. The predicted molar refractivity (Wildman–Crippen MR) is 239 cm³/mol. The maximum Gasteiger partial charge on any atom is 0.0947 e. The van der Waals surface area contributed by atoms with E-state index in [-0.39, 0.29) is 0 Å². The largest absolute Gasteiger partial charge is 0.306 e. The highest BCUT2D eigenvalue weighted by atomic mass is 15.3. The first-order chi connectivity index (χ1) is 29.3. The van der Waals surface area contributed by atoms with Crippen LogP contribution in [0.5, 0.6) is 0 Å². The van der Waals surface area contributed by atoms with E-state index in [0.717, 1.165) is 0 Å². The zero-order valence-electron chi connectivity index (χ0n) is 31.9. The van der Waals surface area contributed by atoms with E-state index in [1.54, 1.807) is 0 Å². The van der Waals surface area contributed by atoms with Gasteiger partial charge in [0.05, 0.1) is 62.0 Å². The summed E-state index contributed by atoms with van der Waals surface area (Å²) < 4.78 is 0. The monoisotopic (exact) mass is 747 g/mol. The lowest BCUT2D eigenvalue weighted by Gasteiger charge is -2.54. The molecule has 2 aliphatic carbocycles. The zero-order valence-corrected chi connectivity index (χ0v) is 31.9. The van der Waals surface area contributed by atoms with Gasteiger partial charge in [-0.2, -0.15) is 0 Å². The average molecular weight is 748 g/mol. The molecule has 0 N–H and O–H groups in total. The number of hydrogen-bond acceptors (Lipinski definition) is 3. The van der Waals surface area contributed by atoms with Crippen LogP contribution in [0.15, 0.2) is 200 Å². The third-order valence-electron chi connectivity index (χ3n) is 14.5. The van der Waals surface area contributed by atoms with Crippen molar-refractivity contribution in [1.82, 2.24) is 0 Å². The molecule has 4 heterocycles. The molecule has 0 radical (unpaired) electrons. The van der Waals surface area contributed by atoms with Crippen molar-refractivity contribution < 1.29 is 0 Å². The van der Waals surface area contributed by atoms with Crippen LogP contribution in [0.2, 0.25) is 0 Å². The lowest BCUT2D eigenvalue weighted by Crippen LogP contribution is -2.41. The number of rotatable bonds is 0. The van der Waals surface area contributed by atoms with Crippen LogP contribution in [0.3, 0.4) is 0 Å². The highest BCUT2D eigenvalue weighted by Gasteiger charge is 2.57. The zero-order chi connectivity index (χ0) is 38.2. The summed E-state index contributed by atoms with van der Waals surface area (Å²) in [6.07, 6.45) is 0. The number of para-hydroxylation sites is 5. The van der Waals surface area contributed by atoms with Crippen molar-refractivity contribution in [2.45, 2.75) is 10.8 Å². The number of benzene rings is 9. The third kappa shape index (κ3) is 3.19. The maximum absolute atomic E-state index is 2.61. The topological polar surface area (TPSA) is 9.72 Å². The number of nitrogens with zero attached hydrogens (tertiary/aromatic N) is 3. The fourth-order valence-electron chi connectivity index (χ4n) is 12.6. The lowest BCUT2D eigenvalue weighted by molar-refractivity contribution is 0.747. The Morgan fingerprint density at radius 2 is 0.458 bits per heavy atom. The van der Waals surface area contributed by atoms with Gasteiger partial charge in [0.2, 0.25) is 0 Å². The summed E-state index contributed by atoms with van der Waals surface area (Å²) in [6.45, 7) is 0. The lowest BCUT2D eigenvalue weighted by atomic mass is 9.63. The summed E-state index contributed by atoms with van der Waals surface area (Å²) in [6, 6.07) is 75.9. The number of fused-ring (bicyclic) bond motifs is 22. The second-order valence-electron chi connectivity index (χ2n) is 16.7. The smallest absolute Gasteiger partial charge is 0.0947 e. The molecule has 272 valence electrons. The van der Waals surface area contributed by atoms with Gasteiger partial charge in [0.15, 0.2) is 0 Å². The third-order valence-corrected chi connectivity index (χ3v) is 14.5. The van der Waals surface area contributed by atoms with E-state index >= 15 is 0 Å². The Morgan fingerprint density at radius 3 is 0.847 bits per heavy atom. The van der Waals surface area contributed by atoms with Gasteiger partial charge in [-0.15, -0.1) is 0 Å². The van der Waals surface area contributed by atoms with Crippen molar-refractivity contribution in [1.29, 1.82) is 0 Å². The molecule has 0 amide bonds.